The Kier molecular flexibility index (Phi) is 11.9. The molecular weight excluding hydrogens is 644 g/mol. The lowest BCUT2D eigenvalue weighted by Crippen LogP contribution is -2.36. The van der Waals surface area contributed by atoms with Gasteiger partial charge in [0, 0.05) is 38.3 Å². The fraction of sp³-hybridized carbons (Fsp3) is 0.441. The van der Waals surface area contributed by atoms with Crippen LogP contribution in [0.4, 0.5) is 5.82 Å². The van der Waals surface area contributed by atoms with Crippen molar-refractivity contribution in [2.24, 2.45) is 0 Å². The number of nitrogen functional groups attached to an aromatic ring is 1. The van der Waals surface area contributed by atoms with Gasteiger partial charge in [-0.25, -0.2) is 24.6 Å². The third-order valence-corrected chi connectivity index (χ3v) is 8.27. The summed E-state index contributed by atoms with van der Waals surface area (Å²) in [5.74, 6) is 0.354. The summed E-state index contributed by atoms with van der Waals surface area (Å²) in [7, 11) is 0. The number of H-pyrrole nitrogens is 1. The van der Waals surface area contributed by atoms with Crippen LogP contribution < -0.4 is 11.1 Å². The second-order valence-electron chi connectivity index (χ2n) is 11.8. The van der Waals surface area contributed by atoms with E-state index in [1.165, 1.54) is 18.8 Å². The Morgan fingerprint density at radius 1 is 0.920 bits per heavy atom. The number of imidazole rings is 1. The standard InChI is InChI=1S/C34H42N10O6/c1-23(45)36-6-9-48-11-13-50-15-14-49-12-10-47-8-5-29(46)43-7-4-25-16-24(2-3-26(25)20-43)19-44-34-30(32(35)39-22-41-34)31(42-44)27-17-28-33(37-18-27)40-21-38-28/h2-3,16-18,21-22H,4-15,19-20H2,1H3,(H,36,45)(H2,35,39,41)(H,37,38,40). The Labute approximate surface area is 288 Å². The molecule has 0 fully saturated rings. The van der Waals surface area contributed by atoms with Crippen molar-refractivity contribution in [2.45, 2.75) is 32.9 Å². The maximum atomic E-state index is 12.9. The summed E-state index contributed by atoms with van der Waals surface area (Å²) in [6, 6.07) is 8.29. The molecule has 0 unspecified atom stereocenters. The van der Waals surface area contributed by atoms with Gasteiger partial charge in [0.05, 0.1) is 83.1 Å². The van der Waals surface area contributed by atoms with Gasteiger partial charge in [0.2, 0.25) is 11.8 Å². The number of nitrogens with zero attached hydrogens (tertiary/aromatic N) is 7. The number of pyridine rings is 1. The van der Waals surface area contributed by atoms with E-state index < -0.39 is 0 Å². The molecule has 50 heavy (non-hydrogen) atoms. The highest BCUT2D eigenvalue weighted by molar-refractivity contribution is 5.99. The number of ether oxygens (including phenoxy) is 4. The smallest absolute Gasteiger partial charge is 0.225 e. The minimum absolute atomic E-state index is 0.0725. The van der Waals surface area contributed by atoms with Gasteiger partial charge in [-0.05, 0) is 29.2 Å². The van der Waals surface area contributed by atoms with Crippen LogP contribution in [-0.4, -0.2) is 117 Å². The van der Waals surface area contributed by atoms with E-state index in [-0.39, 0.29) is 11.8 Å². The van der Waals surface area contributed by atoms with Crippen LogP contribution in [0, 0.1) is 0 Å². The molecule has 0 bridgehead atoms. The largest absolute Gasteiger partial charge is 0.383 e. The zero-order valence-electron chi connectivity index (χ0n) is 28.1. The number of aromatic amines is 1. The summed E-state index contributed by atoms with van der Waals surface area (Å²) >= 11 is 0. The molecule has 0 saturated carbocycles. The first-order valence-electron chi connectivity index (χ1n) is 16.7. The lowest BCUT2D eigenvalue weighted by atomic mass is 9.97. The van der Waals surface area contributed by atoms with Gasteiger partial charge < -0.3 is 39.9 Å². The normalized spacial score (nSPS) is 12.9. The molecule has 0 aliphatic carbocycles. The number of nitrogens with one attached hydrogen (secondary N) is 2. The van der Waals surface area contributed by atoms with Crippen LogP contribution in [0.5, 0.6) is 0 Å². The van der Waals surface area contributed by atoms with Crippen LogP contribution in [0.25, 0.3) is 33.5 Å². The van der Waals surface area contributed by atoms with Gasteiger partial charge in [-0.3, -0.25) is 9.59 Å². The molecule has 16 heteroatoms. The molecule has 0 atom stereocenters. The van der Waals surface area contributed by atoms with Gasteiger partial charge in [0.1, 0.15) is 17.8 Å². The number of nitrogens with two attached hydrogens (primary N) is 1. The van der Waals surface area contributed by atoms with E-state index in [4.69, 9.17) is 29.8 Å². The quantitative estimate of drug-likeness (QED) is 0.113. The van der Waals surface area contributed by atoms with Crippen LogP contribution in [-0.2, 0) is 48.0 Å². The summed E-state index contributed by atoms with van der Waals surface area (Å²) in [6.07, 6.45) is 5.87. The monoisotopic (exact) mass is 686 g/mol. The maximum absolute atomic E-state index is 12.9. The van der Waals surface area contributed by atoms with Crippen molar-refractivity contribution in [1.82, 2.24) is 44.9 Å². The first-order valence-corrected chi connectivity index (χ1v) is 16.7. The van der Waals surface area contributed by atoms with E-state index in [1.54, 1.807) is 12.5 Å². The number of fused-ring (bicyclic) bond motifs is 3. The maximum Gasteiger partial charge on any atom is 0.225 e. The molecule has 1 aliphatic heterocycles. The van der Waals surface area contributed by atoms with Crippen molar-refractivity contribution in [1.29, 1.82) is 0 Å². The zero-order valence-corrected chi connectivity index (χ0v) is 28.1. The van der Waals surface area contributed by atoms with Gasteiger partial charge in [-0.15, -0.1) is 0 Å². The number of carbonyl (C=O) groups excluding carboxylic acids is 2. The van der Waals surface area contributed by atoms with Crippen LogP contribution in [0.2, 0.25) is 0 Å². The van der Waals surface area contributed by atoms with Crippen molar-refractivity contribution in [2.75, 3.05) is 71.7 Å². The van der Waals surface area contributed by atoms with Crippen molar-refractivity contribution < 1.29 is 28.5 Å². The Balaban J connectivity index is 0.923. The number of benzene rings is 1. The Morgan fingerprint density at radius 2 is 1.68 bits per heavy atom. The number of carbonyl (C=O) groups is 2. The highest BCUT2D eigenvalue weighted by Crippen LogP contribution is 2.31. The second kappa shape index (κ2) is 17.1. The summed E-state index contributed by atoms with van der Waals surface area (Å²) in [5, 5.41) is 8.24. The number of anilines is 1. The van der Waals surface area contributed by atoms with Crippen LogP contribution in [0.3, 0.4) is 0 Å². The van der Waals surface area contributed by atoms with E-state index in [0.717, 1.165) is 28.6 Å². The summed E-state index contributed by atoms with van der Waals surface area (Å²) in [6.45, 7) is 7.14. The minimum atomic E-state index is -0.0725. The molecule has 0 radical (unpaired) electrons. The number of hydrogen-bond acceptors (Lipinski definition) is 12. The van der Waals surface area contributed by atoms with Gasteiger partial charge in [-0.1, -0.05) is 18.2 Å². The van der Waals surface area contributed by atoms with E-state index >= 15 is 0 Å². The molecule has 6 rings (SSSR count). The third-order valence-electron chi connectivity index (χ3n) is 8.27. The van der Waals surface area contributed by atoms with Crippen molar-refractivity contribution in [3.05, 3.63) is 59.8 Å². The number of rotatable bonds is 18. The number of aromatic nitrogens is 7. The topological polar surface area (TPSA) is 198 Å². The molecule has 1 aromatic carbocycles. The van der Waals surface area contributed by atoms with E-state index in [1.807, 2.05) is 15.6 Å². The molecule has 2 amide bonds. The summed E-state index contributed by atoms with van der Waals surface area (Å²) in [4.78, 5) is 46.0. The Bertz CT molecular complexity index is 1910. The molecule has 264 valence electrons. The number of amides is 2. The highest BCUT2D eigenvalue weighted by Gasteiger charge is 2.22. The second-order valence-corrected chi connectivity index (χ2v) is 11.8. The van der Waals surface area contributed by atoms with Gasteiger partial charge in [-0.2, -0.15) is 5.10 Å². The average molecular weight is 687 g/mol. The van der Waals surface area contributed by atoms with Gasteiger partial charge in [0.25, 0.3) is 0 Å². The lowest BCUT2D eigenvalue weighted by Gasteiger charge is -2.29. The third kappa shape index (κ3) is 8.95. The molecule has 1 aliphatic rings. The lowest BCUT2D eigenvalue weighted by molar-refractivity contribution is -0.133. The SMILES string of the molecule is CC(=O)NCCOCCOCCOCCOCCC(=O)N1CCc2cc(Cn3nc(-c4cnc5nc[nH]c5c4)c4c(N)ncnc43)ccc2C1. The molecular formula is C34H42N10O6. The van der Waals surface area contributed by atoms with Crippen molar-refractivity contribution in [3.63, 3.8) is 0 Å². The fourth-order valence-corrected chi connectivity index (χ4v) is 5.77. The number of hydrogen-bond donors (Lipinski definition) is 3. The van der Waals surface area contributed by atoms with Crippen molar-refractivity contribution >= 4 is 39.8 Å². The molecule has 16 nitrogen and oxygen atoms in total. The molecule has 0 saturated heterocycles. The predicted octanol–water partition coefficient (Wildman–Crippen LogP) is 1.87. The summed E-state index contributed by atoms with van der Waals surface area (Å²) in [5.41, 5.74) is 13.3. The highest BCUT2D eigenvalue weighted by atomic mass is 16.6. The molecule has 4 aromatic heterocycles. The zero-order chi connectivity index (χ0) is 34.7. The molecule has 5 heterocycles. The predicted molar refractivity (Wildman–Crippen MR) is 184 cm³/mol. The van der Waals surface area contributed by atoms with Gasteiger partial charge in [0.15, 0.2) is 11.3 Å². The minimum Gasteiger partial charge on any atom is -0.383 e. The summed E-state index contributed by atoms with van der Waals surface area (Å²) < 4.78 is 23.8. The van der Waals surface area contributed by atoms with Crippen LogP contribution >= 0.6 is 0 Å². The average Bonchev–Trinajstić information content (AvgIpc) is 3.74. The first kappa shape index (κ1) is 34.8. The Morgan fingerprint density at radius 3 is 2.46 bits per heavy atom. The van der Waals surface area contributed by atoms with Crippen LogP contribution in [0.1, 0.15) is 30.0 Å². The fourth-order valence-electron chi connectivity index (χ4n) is 5.77. The van der Waals surface area contributed by atoms with Crippen molar-refractivity contribution in [3.8, 4) is 11.3 Å². The van der Waals surface area contributed by atoms with E-state index in [0.29, 0.717) is 114 Å². The van der Waals surface area contributed by atoms with E-state index in [9.17, 15) is 9.59 Å². The molecule has 5 aromatic rings. The van der Waals surface area contributed by atoms with Crippen LogP contribution in [0.15, 0.2) is 43.1 Å². The molecule has 0 spiro atoms. The first-order chi connectivity index (χ1) is 24.5. The van der Waals surface area contributed by atoms with Gasteiger partial charge >= 0.3 is 0 Å². The Hall–Kier alpha value is -5.03. The molecule has 4 N–H and O–H groups in total. The van der Waals surface area contributed by atoms with E-state index in [2.05, 4.69) is 48.4 Å².